The van der Waals surface area contributed by atoms with Crippen LogP contribution in [0.3, 0.4) is 0 Å². The molecule has 5 nitrogen and oxygen atoms in total. The van der Waals surface area contributed by atoms with E-state index in [0.29, 0.717) is 11.9 Å². The average molecular weight is 385 g/mol. The monoisotopic (exact) mass is 384 g/mol. The Kier molecular flexibility index (Phi) is 6.43. The van der Waals surface area contributed by atoms with Gasteiger partial charge in [-0.3, -0.25) is 9.69 Å². The number of imidazole rings is 1. The van der Waals surface area contributed by atoms with E-state index in [4.69, 9.17) is 4.98 Å². The molecule has 1 aliphatic heterocycles. The molecule has 1 amide bonds. The van der Waals surface area contributed by atoms with Crippen molar-refractivity contribution in [2.45, 2.75) is 79.1 Å². The molecular weight excluding hydrogens is 348 g/mol. The highest BCUT2D eigenvalue weighted by molar-refractivity contribution is 5.80. The second-order valence-corrected chi connectivity index (χ2v) is 8.99. The Hall–Kier alpha value is -1.88. The number of piperidine rings is 1. The third-order valence-electron chi connectivity index (χ3n) is 5.77. The van der Waals surface area contributed by atoms with E-state index in [0.717, 1.165) is 43.8 Å². The highest BCUT2D eigenvalue weighted by Crippen LogP contribution is 2.25. The number of aromatic nitrogens is 2. The molecule has 0 spiro atoms. The predicted octanol–water partition coefficient (Wildman–Crippen LogP) is 4.47. The lowest BCUT2D eigenvalue weighted by molar-refractivity contribution is -0.141. The molecule has 1 saturated heterocycles. The SMILES string of the molecule is CC(C)N(C(=O)[C@H]1CCCN(Cc2nc3ccccc3n2C(C)C)C1)C(C)C. The molecule has 0 bridgehead atoms. The Morgan fingerprint density at radius 2 is 1.82 bits per heavy atom. The molecular formula is C23H36N4O. The van der Waals surface area contributed by atoms with Crippen molar-refractivity contribution in [3.8, 4) is 0 Å². The topological polar surface area (TPSA) is 41.4 Å². The first-order valence-corrected chi connectivity index (χ1v) is 10.8. The summed E-state index contributed by atoms with van der Waals surface area (Å²) in [5, 5.41) is 0. The Balaban J connectivity index is 1.78. The van der Waals surface area contributed by atoms with Crippen molar-refractivity contribution in [3.63, 3.8) is 0 Å². The van der Waals surface area contributed by atoms with Crippen LogP contribution in [-0.4, -0.2) is 50.4 Å². The van der Waals surface area contributed by atoms with Crippen LogP contribution >= 0.6 is 0 Å². The minimum Gasteiger partial charge on any atom is -0.338 e. The Morgan fingerprint density at radius 3 is 2.46 bits per heavy atom. The summed E-state index contributed by atoms with van der Waals surface area (Å²) in [7, 11) is 0. The van der Waals surface area contributed by atoms with Gasteiger partial charge < -0.3 is 9.47 Å². The maximum atomic E-state index is 13.2. The molecule has 1 atom stereocenters. The van der Waals surface area contributed by atoms with E-state index in [1.807, 2.05) is 6.07 Å². The summed E-state index contributed by atoms with van der Waals surface area (Å²) in [6.07, 6.45) is 2.06. The maximum Gasteiger partial charge on any atom is 0.227 e. The zero-order chi connectivity index (χ0) is 20.4. The number of para-hydroxylation sites is 2. The zero-order valence-electron chi connectivity index (χ0n) is 18.4. The Labute approximate surface area is 169 Å². The van der Waals surface area contributed by atoms with Gasteiger partial charge in [-0.25, -0.2) is 4.98 Å². The normalized spacial score (nSPS) is 18.5. The van der Waals surface area contributed by atoms with Gasteiger partial charge in [-0.15, -0.1) is 0 Å². The predicted molar refractivity (Wildman–Crippen MR) is 115 cm³/mol. The maximum absolute atomic E-state index is 13.2. The highest BCUT2D eigenvalue weighted by Gasteiger charge is 2.32. The molecule has 2 heterocycles. The van der Waals surface area contributed by atoms with E-state index in [1.165, 1.54) is 5.52 Å². The highest BCUT2D eigenvalue weighted by atomic mass is 16.2. The van der Waals surface area contributed by atoms with E-state index < -0.39 is 0 Å². The van der Waals surface area contributed by atoms with E-state index in [-0.39, 0.29) is 18.0 Å². The van der Waals surface area contributed by atoms with E-state index >= 15 is 0 Å². The molecule has 1 aromatic carbocycles. The number of hydrogen-bond acceptors (Lipinski definition) is 3. The third kappa shape index (κ3) is 4.24. The van der Waals surface area contributed by atoms with Crippen LogP contribution in [0.2, 0.25) is 0 Å². The number of likely N-dealkylation sites (tertiary alicyclic amines) is 1. The molecule has 5 heteroatoms. The molecule has 2 aromatic rings. The van der Waals surface area contributed by atoms with Crippen molar-refractivity contribution in [2.24, 2.45) is 5.92 Å². The van der Waals surface area contributed by atoms with Gasteiger partial charge in [0.25, 0.3) is 0 Å². The van der Waals surface area contributed by atoms with Crippen LogP contribution in [-0.2, 0) is 11.3 Å². The number of fused-ring (bicyclic) bond motifs is 1. The molecule has 0 saturated carbocycles. The second-order valence-electron chi connectivity index (χ2n) is 8.99. The number of amides is 1. The lowest BCUT2D eigenvalue weighted by Crippen LogP contribution is -2.49. The van der Waals surface area contributed by atoms with Crippen molar-refractivity contribution in [1.29, 1.82) is 0 Å². The van der Waals surface area contributed by atoms with Gasteiger partial charge in [0, 0.05) is 24.7 Å². The van der Waals surface area contributed by atoms with Crippen molar-refractivity contribution in [3.05, 3.63) is 30.1 Å². The fraction of sp³-hybridized carbons (Fsp3) is 0.652. The molecule has 0 aliphatic carbocycles. The minimum atomic E-state index is 0.0930. The number of carbonyl (C=O) groups is 1. The molecule has 0 unspecified atom stereocenters. The van der Waals surface area contributed by atoms with Crippen LogP contribution < -0.4 is 0 Å². The molecule has 154 valence electrons. The zero-order valence-corrected chi connectivity index (χ0v) is 18.4. The van der Waals surface area contributed by atoms with Crippen LogP contribution in [0.4, 0.5) is 0 Å². The van der Waals surface area contributed by atoms with E-state index in [1.54, 1.807) is 0 Å². The second kappa shape index (κ2) is 8.64. The number of hydrogen-bond donors (Lipinski definition) is 0. The molecule has 0 N–H and O–H groups in total. The molecule has 28 heavy (non-hydrogen) atoms. The van der Waals surface area contributed by atoms with Gasteiger partial charge in [0.05, 0.1) is 23.5 Å². The van der Waals surface area contributed by atoms with Crippen LogP contribution in [0.1, 0.15) is 66.3 Å². The van der Waals surface area contributed by atoms with Crippen molar-refractivity contribution in [1.82, 2.24) is 19.4 Å². The molecule has 0 radical (unpaired) electrons. The first-order valence-electron chi connectivity index (χ1n) is 10.8. The Morgan fingerprint density at radius 1 is 1.14 bits per heavy atom. The van der Waals surface area contributed by atoms with Crippen molar-refractivity contribution >= 4 is 16.9 Å². The van der Waals surface area contributed by atoms with Crippen LogP contribution in [0, 0.1) is 5.92 Å². The first kappa shape index (κ1) is 20.8. The fourth-order valence-corrected chi connectivity index (χ4v) is 4.70. The number of carbonyl (C=O) groups excluding carboxylic acids is 1. The molecule has 3 rings (SSSR count). The van der Waals surface area contributed by atoms with E-state index in [9.17, 15) is 4.79 Å². The molecule has 1 aromatic heterocycles. The molecule has 1 fully saturated rings. The summed E-state index contributed by atoms with van der Waals surface area (Å²) in [4.78, 5) is 22.6. The van der Waals surface area contributed by atoms with Crippen molar-refractivity contribution in [2.75, 3.05) is 13.1 Å². The quantitative estimate of drug-likeness (QED) is 0.738. The van der Waals surface area contributed by atoms with Gasteiger partial charge >= 0.3 is 0 Å². The van der Waals surface area contributed by atoms with Crippen LogP contribution in [0.25, 0.3) is 11.0 Å². The lowest BCUT2D eigenvalue weighted by Gasteiger charge is -2.38. The van der Waals surface area contributed by atoms with Gasteiger partial charge in [0.1, 0.15) is 5.82 Å². The van der Waals surface area contributed by atoms with Crippen LogP contribution in [0.5, 0.6) is 0 Å². The largest absolute Gasteiger partial charge is 0.338 e. The van der Waals surface area contributed by atoms with Gasteiger partial charge in [0.2, 0.25) is 5.91 Å². The van der Waals surface area contributed by atoms with Crippen LogP contribution in [0.15, 0.2) is 24.3 Å². The van der Waals surface area contributed by atoms with Gasteiger partial charge in [-0.1, -0.05) is 12.1 Å². The summed E-state index contributed by atoms with van der Waals surface area (Å²) in [6, 6.07) is 9.21. The number of benzene rings is 1. The minimum absolute atomic E-state index is 0.0930. The van der Waals surface area contributed by atoms with E-state index in [2.05, 4.69) is 74.1 Å². The molecule has 1 aliphatic rings. The number of rotatable bonds is 6. The summed E-state index contributed by atoms with van der Waals surface area (Å²) < 4.78 is 2.34. The average Bonchev–Trinajstić information content (AvgIpc) is 2.99. The summed E-state index contributed by atoms with van der Waals surface area (Å²) in [6.45, 7) is 15.6. The van der Waals surface area contributed by atoms with Gasteiger partial charge in [-0.2, -0.15) is 0 Å². The van der Waals surface area contributed by atoms with Gasteiger partial charge in [-0.05, 0) is 73.1 Å². The van der Waals surface area contributed by atoms with Gasteiger partial charge in [0.15, 0.2) is 0 Å². The summed E-state index contributed by atoms with van der Waals surface area (Å²) >= 11 is 0. The summed E-state index contributed by atoms with van der Waals surface area (Å²) in [5.41, 5.74) is 2.25. The fourth-order valence-electron chi connectivity index (χ4n) is 4.70. The lowest BCUT2D eigenvalue weighted by atomic mass is 9.95. The summed E-state index contributed by atoms with van der Waals surface area (Å²) in [5.74, 6) is 1.51. The standard InChI is InChI=1S/C23H36N4O/c1-16(2)26(17(3)4)23(28)19-10-9-13-25(14-19)15-22-24-20-11-7-8-12-21(20)27(22)18(5)6/h7-8,11-12,16-19H,9-10,13-15H2,1-6H3/t19-/m0/s1. The third-order valence-corrected chi connectivity index (χ3v) is 5.77. The first-order chi connectivity index (χ1) is 13.3. The Bertz CT molecular complexity index is 800. The smallest absolute Gasteiger partial charge is 0.227 e. The van der Waals surface area contributed by atoms with Crippen molar-refractivity contribution < 1.29 is 4.79 Å². The number of nitrogens with zero attached hydrogens (tertiary/aromatic N) is 4.